The number of aromatic nitrogens is 2. The van der Waals surface area contributed by atoms with E-state index >= 15 is 0 Å². The van der Waals surface area contributed by atoms with Crippen molar-refractivity contribution in [1.29, 1.82) is 5.26 Å². The number of anilines is 1. The molecule has 130 valence electrons. The van der Waals surface area contributed by atoms with Gasteiger partial charge in [-0.25, -0.2) is 4.39 Å². The summed E-state index contributed by atoms with van der Waals surface area (Å²) in [4.78, 5) is 0. The Balaban J connectivity index is 1.71. The van der Waals surface area contributed by atoms with Gasteiger partial charge in [-0.15, -0.1) is 10.2 Å². The molecule has 5 heteroatoms. The maximum absolute atomic E-state index is 13.0. The SMILES string of the molecule is Cc1cc(NCC(C)c2ccc(F)cc2)nnc1-c1cccc(C#N)c1. The van der Waals surface area contributed by atoms with Gasteiger partial charge in [0.25, 0.3) is 0 Å². The standard InChI is InChI=1S/C21H19FN4/c1-14-10-20(24-13-15(2)17-6-8-19(22)9-7-17)25-26-21(14)18-5-3-4-16(11-18)12-23/h3-11,15H,13H2,1-2H3,(H,24,25). The zero-order valence-electron chi connectivity index (χ0n) is 14.7. The lowest BCUT2D eigenvalue weighted by molar-refractivity contribution is 0.626. The molecule has 0 fully saturated rings. The van der Waals surface area contributed by atoms with Crippen molar-refractivity contribution in [2.75, 3.05) is 11.9 Å². The molecule has 0 aliphatic heterocycles. The average Bonchev–Trinajstić information content (AvgIpc) is 2.66. The lowest BCUT2D eigenvalue weighted by atomic mass is 10.0. The van der Waals surface area contributed by atoms with Crippen LogP contribution in [0.3, 0.4) is 0 Å². The van der Waals surface area contributed by atoms with Gasteiger partial charge in [-0.05, 0) is 54.3 Å². The Labute approximate surface area is 152 Å². The summed E-state index contributed by atoms with van der Waals surface area (Å²) < 4.78 is 13.0. The molecule has 3 aromatic rings. The molecule has 1 heterocycles. The molecule has 3 rings (SSSR count). The number of benzene rings is 2. The van der Waals surface area contributed by atoms with Gasteiger partial charge in [0.05, 0.1) is 17.3 Å². The molecule has 2 aromatic carbocycles. The van der Waals surface area contributed by atoms with E-state index in [1.165, 1.54) is 12.1 Å². The highest BCUT2D eigenvalue weighted by molar-refractivity contribution is 5.65. The molecule has 0 aliphatic carbocycles. The first-order valence-corrected chi connectivity index (χ1v) is 8.41. The van der Waals surface area contributed by atoms with E-state index in [1.54, 1.807) is 24.3 Å². The summed E-state index contributed by atoms with van der Waals surface area (Å²) in [5, 5.41) is 20.9. The van der Waals surface area contributed by atoms with E-state index in [0.29, 0.717) is 17.9 Å². The third kappa shape index (κ3) is 4.04. The number of nitriles is 1. The van der Waals surface area contributed by atoms with Crippen molar-refractivity contribution < 1.29 is 4.39 Å². The molecular weight excluding hydrogens is 327 g/mol. The van der Waals surface area contributed by atoms with Gasteiger partial charge in [0.1, 0.15) is 11.6 Å². The van der Waals surface area contributed by atoms with Crippen LogP contribution < -0.4 is 5.32 Å². The van der Waals surface area contributed by atoms with E-state index in [-0.39, 0.29) is 11.7 Å². The second kappa shape index (κ2) is 7.75. The van der Waals surface area contributed by atoms with E-state index in [1.807, 2.05) is 25.1 Å². The summed E-state index contributed by atoms with van der Waals surface area (Å²) in [5.41, 5.74) is 4.28. The molecule has 4 nitrogen and oxygen atoms in total. The summed E-state index contributed by atoms with van der Waals surface area (Å²) in [6.07, 6.45) is 0. The molecule has 0 bridgehead atoms. The van der Waals surface area contributed by atoms with Crippen LogP contribution in [0.1, 0.15) is 29.5 Å². The van der Waals surface area contributed by atoms with Crippen LogP contribution in [0.25, 0.3) is 11.3 Å². The number of halogens is 1. The van der Waals surface area contributed by atoms with Crippen molar-refractivity contribution in [3.8, 4) is 17.3 Å². The molecule has 1 unspecified atom stereocenters. The largest absolute Gasteiger partial charge is 0.368 e. The number of aryl methyl sites for hydroxylation is 1. The second-order valence-electron chi connectivity index (χ2n) is 6.29. The lowest BCUT2D eigenvalue weighted by Crippen LogP contribution is -2.11. The van der Waals surface area contributed by atoms with Crippen molar-refractivity contribution in [2.24, 2.45) is 0 Å². The molecule has 26 heavy (non-hydrogen) atoms. The molecule has 0 aliphatic rings. The van der Waals surface area contributed by atoms with E-state index in [9.17, 15) is 4.39 Å². The number of hydrogen-bond donors (Lipinski definition) is 1. The van der Waals surface area contributed by atoms with Crippen molar-refractivity contribution in [3.05, 3.63) is 77.1 Å². The predicted octanol–water partition coefficient (Wildman–Crippen LogP) is 4.68. The fourth-order valence-electron chi connectivity index (χ4n) is 2.76. The van der Waals surface area contributed by atoms with Gasteiger partial charge in [-0.3, -0.25) is 0 Å². The Kier molecular flexibility index (Phi) is 5.23. The summed E-state index contributed by atoms with van der Waals surface area (Å²) >= 11 is 0. The summed E-state index contributed by atoms with van der Waals surface area (Å²) in [7, 11) is 0. The third-order valence-electron chi connectivity index (χ3n) is 4.28. The highest BCUT2D eigenvalue weighted by atomic mass is 19.1. The van der Waals surface area contributed by atoms with E-state index in [4.69, 9.17) is 5.26 Å². The van der Waals surface area contributed by atoms with Crippen LogP contribution in [-0.4, -0.2) is 16.7 Å². The summed E-state index contributed by atoms with van der Waals surface area (Å²) in [6.45, 7) is 4.71. The Morgan fingerprint density at radius 1 is 1.12 bits per heavy atom. The Morgan fingerprint density at radius 2 is 1.88 bits per heavy atom. The monoisotopic (exact) mass is 346 g/mol. The van der Waals surface area contributed by atoms with E-state index in [0.717, 1.165) is 22.4 Å². The zero-order valence-corrected chi connectivity index (χ0v) is 14.7. The van der Waals surface area contributed by atoms with Gasteiger partial charge >= 0.3 is 0 Å². The van der Waals surface area contributed by atoms with Crippen LogP contribution in [0, 0.1) is 24.1 Å². The fourth-order valence-corrected chi connectivity index (χ4v) is 2.76. The van der Waals surface area contributed by atoms with Gasteiger partial charge in [-0.2, -0.15) is 5.26 Å². The quantitative estimate of drug-likeness (QED) is 0.729. The van der Waals surface area contributed by atoms with E-state index in [2.05, 4.69) is 28.5 Å². The maximum atomic E-state index is 13.0. The first kappa shape index (κ1) is 17.6. The van der Waals surface area contributed by atoms with Crippen molar-refractivity contribution in [1.82, 2.24) is 10.2 Å². The molecule has 0 radical (unpaired) electrons. The molecule has 0 amide bonds. The highest BCUT2D eigenvalue weighted by Crippen LogP contribution is 2.23. The molecule has 1 N–H and O–H groups in total. The smallest absolute Gasteiger partial charge is 0.148 e. The molecule has 0 saturated heterocycles. The summed E-state index contributed by atoms with van der Waals surface area (Å²) in [5.74, 6) is 0.674. The van der Waals surface area contributed by atoms with Gasteiger partial charge in [0.15, 0.2) is 0 Å². The minimum absolute atomic E-state index is 0.213. The van der Waals surface area contributed by atoms with Gasteiger partial charge in [0.2, 0.25) is 0 Å². The molecular formula is C21H19FN4. The van der Waals surface area contributed by atoms with Crippen LogP contribution in [0.4, 0.5) is 10.2 Å². The first-order valence-electron chi connectivity index (χ1n) is 8.41. The van der Waals surface area contributed by atoms with Gasteiger partial charge < -0.3 is 5.32 Å². The molecule has 0 spiro atoms. The number of rotatable bonds is 5. The average molecular weight is 346 g/mol. The fraction of sp³-hybridized carbons (Fsp3) is 0.190. The Hall–Kier alpha value is -3.26. The van der Waals surface area contributed by atoms with Crippen LogP contribution in [0.15, 0.2) is 54.6 Å². The van der Waals surface area contributed by atoms with Crippen LogP contribution >= 0.6 is 0 Å². The van der Waals surface area contributed by atoms with Gasteiger partial charge in [0, 0.05) is 12.1 Å². The molecule has 1 aromatic heterocycles. The van der Waals surface area contributed by atoms with Crippen molar-refractivity contribution >= 4 is 5.82 Å². The minimum atomic E-state index is -0.230. The second-order valence-corrected chi connectivity index (χ2v) is 6.29. The van der Waals surface area contributed by atoms with Crippen LogP contribution in [0.5, 0.6) is 0 Å². The molecule has 0 saturated carbocycles. The van der Waals surface area contributed by atoms with Crippen LogP contribution in [0.2, 0.25) is 0 Å². The third-order valence-corrected chi connectivity index (χ3v) is 4.28. The number of nitrogens with one attached hydrogen (secondary N) is 1. The predicted molar refractivity (Wildman–Crippen MR) is 100 cm³/mol. The highest BCUT2D eigenvalue weighted by Gasteiger charge is 2.09. The topological polar surface area (TPSA) is 61.6 Å². The first-order chi connectivity index (χ1) is 12.6. The van der Waals surface area contributed by atoms with Crippen molar-refractivity contribution in [2.45, 2.75) is 19.8 Å². The maximum Gasteiger partial charge on any atom is 0.148 e. The zero-order chi connectivity index (χ0) is 18.5. The molecule has 1 atom stereocenters. The summed E-state index contributed by atoms with van der Waals surface area (Å²) in [6, 6.07) is 17.9. The lowest BCUT2D eigenvalue weighted by Gasteiger charge is -2.14. The number of nitrogens with zero attached hydrogens (tertiary/aromatic N) is 3. The number of hydrogen-bond acceptors (Lipinski definition) is 4. The van der Waals surface area contributed by atoms with Gasteiger partial charge in [-0.1, -0.05) is 31.2 Å². The Morgan fingerprint density at radius 3 is 2.58 bits per heavy atom. The Bertz CT molecular complexity index is 945. The minimum Gasteiger partial charge on any atom is -0.368 e. The van der Waals surface area contributed by atoms with Crippen LogP contribution in [-0.2, 0) is 0 Å². The normalized spacial score (nSPS) is 11.6. The van der Waals surface area contributed by atoms with Crippen molar-refractivity contribution in [3.63, 3.8) is 0 Å². The van der Waals surface area contributed by atoms with E-state index < -0.39 is 0 Å².